The van der Waals surface area contributed by atoms with Crippen molar-refractivity contribution in [3.8, 4) is 5.75 Å². The Bertz CT molecular complexity index is 466. The van der Waals surface area contributed by atoms with Crippen LogP contribution in [-0.4, -0.2) is 67.6 Å². The lowest BCUT2D eigenvalue weighted by Crippen LogP contribution is -2.52. The minimum Gasteiger partial charge on any atom is -0.493 e. The lowest BCUT2D eigenvalue weighted by Gasteiger charge is -2.37. The molecule has 1 atom stereocenters. The average Bonchev–Trinajstić information content (AvgIpc) is 3.10. The molecule has 5 heteroatoms. The minimum absolute atomic E-state index is 0.208. The fourth-order valence-electron chi connectivity index (χ4n) is 3.22. The van der Waals surface area contributed by atoms with Gasteiger partial charge < -0.3 is 15.0 Å². The molecular formula is C17H25N3O2. The van der Waals surface area contributed by atoms with Gasteiger partial charge in [-0.1, -0.05) is 18.2 Å². The Balaban J connectivity index is 1.36. The van der Waals surface area contributed by atoms with Crippen LogP contribution in [0.15, 0.2) is 30.3 Å². The highest BCUT2D eigenvalue weighted by atomic mass is 16.5. The normalized spacial score (nSPS) is 22.7. The van der Waals surface area contributed by atoms with Crippen LogP contribution in [0.1, 0.15) is 12.8 Å². The Kier molecular flexibility index (Phi) is 5.29. The summed E-state index contributed by atoms with van der Waals surface area (Å²) in [4.78, 5) is 16.7. The van der Waals surface area contributed by atoms with Crippen molar-refractivity contribution >= 4 is 5.91 Å². The highest BCUT2D eigenvalue weighted by Gasteiger charge is 2.27. The topological polar surface area (TPSA) is 44.8 Å². The highest BCUT2D eigenvalue weighted by Crippen LogP contribution is 2.13. The van der Waals surface area contributed by atoms with Gasteiger partial charge in [0.2, 0.25) is 5.91 Å². The van der Waals surface area contributed by atoms with E-state index in [4.69, 9.17) is 4.74 Å². The maximum absolute atomic E-state index is 12.2. The van der Waals surface area contributed by atoms with E-state index in [1.54, 1.807) is 0 Å². The van der Waals surface area contributed by atoms with Gasteiger partial charge in [0.05, 0.1) is 13.0 Å². The summed E-state index contributed by atoms with van der Waals surface area (Å²) in [5.41, 5.74) is 0. The van der Waals surface area contributed by atoms with Crippen molar-refractivity contribution in [2.24, 2.45) is 0 Å². The molecular weight excluding hydrogens is 278 g/mol. The molecule has 1 unspecified atom stereocenters. The minimum atomic E-state index is 0.208. The third kappa shape index (κ3) is 3.99. The lowest BCUT2D eigenvalue weighted by atomic mass is 10.2. The summed E-state index contributed by atoms with van der Waals surface area (Å²) in [5.74, 6) is 1.04. The first-order valence-corrected chi connectivity index (χ1v) is 8.23. The number of piperazine rings is 1. The van der Waals surface area contributed by atoms with Gasteiger partial charge in [-0.2, -0.15) is 0 Å². The molecule has 1 N–H and O–H groups in total. The van der Waals surface area contributed by atoms with E-state index in [9.17, 15) is 4.79 Å². The zero-order valence-electron chi connectivity index (χ0n) is 13.0. The number of carbonyl (C=O) groups is 1. The Morgan fingerprint density at radius 1 is 1.18 bits per heavy atom. The number of hydrogen-bond donors (Lipinski definition) is 1. The van der Waals surface area contributed by atoms with E-state index in [1.165, 1.54) is 6.42 Å². The number of nitrogens with one attached hydrogen (secondary N) is 1. The van der Waals surface area contributed by atoms with Crippen LogP contribution in [0.4, 0.5) is 0 Å². The fraction of sp³-hybridized carbons (Fsp3) is 0.588. The molecule has 1 aromatic carbocycles. The fourth-order valence-corrected chi connectivity index (χ4v) is 3.22. The lowest BCUT2D eigenvalue weighted by molar-refractivity contribution is -0.133. The van der Waals surface area contributed by atoms with Gasteiger partial charge in [0, 0.05) is 38.8 Å². The molecule has 0 aliphatic carbocycles. The van der Waals surface area contributed by atoms with Gasteiger partial charge in [0.25, 0.3) is 0 Å². The maximum atomic E-state index is 12.2. The van der Waals surface area contributed by atoms with Gasteiger partial charge >= 0.3 is 0 Å². The quantitative estimate of drug-likeness (QED) is 0.880. The first kappa shape index (κ1) is 15.3. The van der Waals surface area contributed by atoms with E-state index in [0.717, 1.165) is 45.0 Å². The Labute approximate surface area is 132 Å². The molecule has 3 rings (SSSR count). The molecule has 0 aromatic heterocycles. The molecule has 0 spiro atoms. The average molecular weight is 303 g/mol. The maximum Gasteiger partial charge on any atom is 0.226 e. The number of ether oxygens (including phenoxy) is 1. The molecule has 0 bridgehead atoms. The van der Waals surface area contributed by atoms with E-state index in [2.05, 4.69) is 10.2 Å². The summed E-state index contributed by atoms with van der Waals surface area (Å²) >= 11 is 0. The number of para-hydroxylation sites is 1. The number of nitrogens with zero attached hydrogens (tertiary/aromatic N) is 2. The number of rotatable bonds is 5. The van der Waals surface area contributed by atoms with Crippen LogP contribution in [0.3, 0.4) is 0 Å². The zero-order chi connectivity index (χ0) is 15.2. The predicted octanol–water partition coefficient (Wildman–Crippen LogP) is 0.962. The first-order valence-electron chi connectivity index (χ1n) is 8.23. The summed E-state index contributed by atoms with van der Waals surface area (Å²) in [6.07, 6.45) is 1.69. The van der Waals surface area contributed by atoms with E-state index in [1.807, 2.05) is 35.2 Å². The molecule has 120 valence electrons. The molecule has 5 nitrogen and oxygen atoms in total. The number of carbonyl (C=O) groups excluding carboxylic acids is 1. The third-order valence-electron chi connectivity index (χ3n) is 4.55. The second-order valence-corrected chi connectivity index (χ2v) is 5.97. The summed E-state index contributed by atoms with van der Waals surface area (Å²) in [6, 6.07) is 10.3. The van der Waals surface area contributed by atoms with Crippen LogP contribution in [-0.2, 0) is 4.79 Å². The van der Waals surface area contributed by atoms with Crippen LogP contribution in [0.5, 0.6) is 5.75 Å². The smallest absolute Gasteiger partial charge is 0.226 e. The Morgan fingerprint density at radius 3 is 2.64 bits per heavy atom. The Hall–Kier alpha value is -1.59. The monoisotopic (exact) mass is 303 g/mol. The summed E-state index contributed by atoms with van der Waals surface area (Å²) < 4.78 is 5.60. The molecule has 0 radical (unpaired) electrons. The first-order chi connectivity index (χ1) is 10.8. The summed E-state index contributed by atoms with van der Waals surface area (Å²) in [6.45, 7) is 6.37. The van der Waals surface area contributed by atoms with Crippen LogP contribution >= 0.6 is 0 Å². The standard InChI is InChI=1S/C17H25N3O2/c21-17(7-13-22-16-4-2-1-3-5-16)20-11-9-19(10-12-20)15-6-8-18-14-15/h1-5,15,18H,6-14H2. The van der Waals surface area contributed by atoms with Crippen molar-refractivity contribution in [1.29, 1.82) is 0 Å². The van der Waals surface area contributed by atoms with E-state index in [0.29, 0.717) is 19.1 Å². The van der Waals surface area contributed by atoms with Gasteiger partial charge in [-0.25, -0.2) is 0 Å². The van der Waals surface area contributed by atoms with Crippen molar-refractivity contribution in [3.05, 3.63) is 30.3 Å². The summed E-state index contributed by atoms with van der Waals surface area (Å²) in [7, 11) is 0. The molecule has 0 saturated carbocycles. The van der Waals surface area contributed by atoms with Crippen molar-refractivity contribution in [2.45, 2.75) is 18.9 Å². The largest absolute Gasteiger partial charge is 0.493 e. The van der Waals surface area contributed by atoms with Crippen LogP contribution in [0.25, 0.3) is 0 Å². The second-order valence-electron chi connectivity index (χ2n) is 5.97. The Morgan fingerprint density at radius 2 is 1.95 bits per heavy atom. The van der Waals surface area contributed by atoms with Crippen LogP contribution in [0, 0.1) is 0 Å². The van der Waals surface area contributed by atoms with Gasteiger partial charge in [-0.3, -0.25) is 9.69 Å². The molecule has 1 aromatic rings. The van der Waals surface area contributed by atoms with Crippen molar-refractivity contribution in [1.82, 2.24) is 15.1 Å². The van der Waals surface area contributed by atoms with Gasteiger partial charge in [0.15, 0.2) is 0 Å². The van der Waals surface area contributed by atoms with Crippen LogP contribution in [0.2, 0.25) is 0 Å². The van der Waals surface area contributed by atoms with Crippen molar-refractivity contribution in [2.75, 3.05) is 45.9 Å². The van der Waals surface area contributed by atoms with Crippen molar-refractivity contribution in [3.63, 3.8) is 0 Å². The molecule has 2 fully saturated rings. The SMILES string of the molecule is O=C(CCOc1ccccc1)N1CCN(C2CCNC2)CC1. The number of amides is 1. The molecule has 2 aliphatic heterocycles. The summed E-state index contributed by atoms with van der Waals surface area (Å²) in [5, 5.41) is 3.41. The molecule has 22 heavy (non-hydrogen) atoms. The van der Waals surface area contributed by atoms with Crippen molar-refractivity contribution < 1.29 is 9.53 Å². The number of benzene rings is 1. The third-order valence-corrected chi connectivity index (χ3v) is 4.55. The van der Waals surface area contributed by atoms with Gasteiger partial charge in [-0.05, 0) is 25.1 Å². The van der Waals surface area contributed by atoms with Gasteiger partial charge in [-0.15, -0.1) is 0 Å². The molecule has 2 aliphatic rings. The van der Waals surface area contributed by atoms with Crippen LogP contribution < -0.4 is 10.1 Å². The van der Waals surface area contributed by atoms with E-state index in [-0.39, 0.29) is 5.91 Å². The molecule has 2 heterocycles. The highest BCUT2D eigenvalue weighted by molar-refractivity contribution is 5.76. The zero-order valence-corrected chi connectivity index (χ0v) is 13.0. The molecule has 1 amide bonds. The predicted molar refractivity (Wildman–Crippen MR) is 86.0 cm³/mol. The van der Waals surface area contributed by atoms with E-state index >= 15 is 0 Å². The number of hydrogen-bond acceptors (Lipinski definition) is 4. The molecule has 2 saturated heterocycles. The van der Waals surface area contributed by atoms with E-state index < -0.39 is 0 Å². The second kappa shape index (κ2) is 7.61. The van der Waals surface area contributed by atoms with Gasteiger partial charge in [0.1, 0.15) is 5.75 Å².